The second-order valence-corrected chi connectivity index (χ2v) is 14.0. The molecule has 2 aliphatic rings. The molecule has 3 aromatic heterocycles. The fourth-order valence-electron chi connectivity index (χ4n) is 9.02. The molecule has 0 N–H and O–H groups in total. The van der Waals surface area contributed by atoms with Crippen LogP contribution >= 0.6 is 0 Å². The average molecular weight is 689 g/mol. The molecule has 9 aromatic rings. The zero-order valence-electron chi connectivity index (χ0n) is 28.5. The summed E-state index contributed by atoms with van der Waals surface area (Å²) in [5, 5.41) is 47.8. The van der Waals surface area contributed by atoms with Crippen molar-refractivity contribution in [3.05, 3.63) is 149 Å². The van der Waals surface area contributed by atoms with E-state index in [9.17, 15) is 21.0 Å². The number of nitriles is 4. The largest absolute Gasteiger partial charge is 0.456 e. The Morgan fingerprint density at radius 1 is 0.556 bits per heavy atom. The second kappa shape index (κ2) is 10.8. The first-order valence-electron chi connectivity index (χ1n) is 17.8. The molecule has 2 aliphatic carbocycles. The van der Waals surface area contributed by atoms with E-state index in [0.717, 1.165) is 66.8 Å². The summed E-state index contributed by atoms with van der Waals surface area (Å²) >= 11 is 0. The predicted octanol–water partition coefficient (Wildman–Crippen LogP) is 10.9. The number of nitrogens with zero attached hydrogens (tertiary/aromatic N) is 6. The number of furan rings is 1. The van der Waals surface area contributed by atoms with Crippen LogP contribution in [0.1, 0.15) is 45.9 Å². The lowest BCUT2D eigenvalue weighted by Crippen LogP contribution is -2.06. The number of para-hydroxylation sites is 3. The Bertz CT molecular complexity index is 3330. The monoisotopic (exact) mass is 688 g/mol. The lowest BCUT2D eigenvalue weighted by molar-refractivity contribution is 0.599. The molecule has 1 fully saturated rings. The van der Waals surface area contributed by atoms with Crippen molar-refractivity contribution in [3.8, 4) is 46.8 Å². The fourth-order valence-corrected chi connectivity index (χ4v) is 9.02. The van der Waals surface area contributed by atoms with Gasteiger partial charge in [-0.2, -0.15) is 21.0 Å². The highest BCUT2D eigenvalue weighted by Crippen LogP contribution is 2.56. The molecule has 54 heavy (non-hydrogen) atoms. The van der Waals surface area contributed by atoms with E-state index in [1.165, 1.54) is 5.56 Å². The minimum absolute atomic E-state index is 0.175. The highest BCUT2D eigenvalue weighted by Gasteiger charge is 2.43. The van der Waals surface area contributed by atoms with E-state index in [2.05, 4.69) is 66.8 Å². The Labute approximate surface area is 308 Å². The lowest BCUT2D eigenvalue weighted by atomic mass is 9.91. The average Bonchev–Trinajstić information content (AvgIpc) is 3.64. The van der Waals surface area contributed by atoms with E-state index in [0.29, 0.717) is 34.3 Å². The summed E-state index contributed by atoms with van der Waals surface area (Å²) in [5.41, 5.74) is 8.38. The normalized spacial score (nSPS) is 15.6. The quantitative estimate of drug-likeness (QED) is 0.183. The van der Waals surface area contributed by atoms with E-state index in [1.807, 2.05) is 75.9 Å². The Hall–Kier alpha value is -7.84. The Kier molecular flexibility index (Phi) is 5.99. The van der Waals surface area contributed by atoms with Crippen molar-refractivity contribution in [2.24, 2.45) is 5.92 Å². The standard InChI is InChI=1S/C47H24N6O/c48-22-27-13-15-31(28-16-18-41(37(25-51)36(28)24-50)52-38-10-4-1-7-29(38)30-8-2-5-11-39(30)52)46(35(27)23-49)53-40-12-6-3-9-32(40)45-42(53)19-17-33-44-34-21-26(34)14-20-43(44)54-47(33)45/h1-20,26,34H,21H2. The third kappa shape index (κ3) is 3.80. The molecule has 0 saturated heterocycles. The number of rotatable bonds is 3. The van der Waals surface area contributed by atoms with Crippen LogP contribution in [0.2, 0.25) is 0 Å². The molecule has 2 atom stereocenters. The Balaban J connectivity index is 1.23. The van der Waals surface area contributed by atoms with E-state index in [-0.39, 0.29) is 22.3 Å². The van der Waals surface area contributed by atoms with Gasteiger partial charge >= 0.3 is 0 Å². The molecular weight excluding hydrogens is 665 g/mol. The van der Waals surface area contributed by atoms with E-state index >= 15 is 0 Å². The molecule has 0 bridgehead atoms. The molecule has 3 heterocycles. The summed E-state index contributed by atoms with van der Waals surface area (Å²) in [6, 6.07) is 44.7. The highest BCUT2D eigenvalue weighted by molar-refractivity contribution is 6.21. The minimum Gasteiger partial charge on any atom is -0.456 e. The smallest absolute Gasteiger partial charge is 0.145 e. The maximum atomic E-state index is 10.9. The molecule has 0 aliphatic heterocycles. The summed E-state index contributed by atoms with van der Waals surface area (Å²) in [7, 11) is 0. The van der Waals surface area contributed by atoms with Gasteiger partial charge in [0.05, 0.1) is 61.1 Å². The Morgan fingerprint density at radius 2 is 1.20 bits per heavy atom. The van der Waals surface area contributed by atoms with Crippen LogP contribution < -0.4 is 0 Å². The van der Waals surface area contributed by atoms with Crippen LogP contribution in [0.3, 0.4) is 0 Å². The number of allylic oxidation sites excluding steroid dienone is 1. The number of hydrogen-bond donors (Lipinski definition) is 0. The van der Waals surface area contributed by atoms with Crippen molar-refractivity contribution in [1.82, 2.24) is 9.13 Å². The van der Waals surface area contributed by atoms with Gasteiger partial charge in [-0.15, -0.1) is 0 Å². The van der Waals surface area contributed by atoms with Gasteiger partial charge in [0.25, 0.3) is 0 Å². The van der Waals surface area contributed by atoms with Crippen LogP contribution in [0.15, 0.2) is 120 Å². The predicted molar refractivity (Wildman–Crippen MR) is 209 cm³/mol. The van der Waals surface area contributed by atoms with Gasteiger partial charge in [0.15, 0.2) is 0 Å². The summed E-state index contributed by atoms with van der Waals surface area (Å²) in [4.78, 5) is 0. The van der Waals surface area contributed by atoms with Crippen molar-refractivity contribution in [1.29, 1.82) is 21.0 Å². The summed E-state index contributed by atoms with van der Waals surface area (Å²) in [6.07, 6.45) is 5.45. The zero-order valence-corrected chi connectivity index (χ0v) is 28.5. The maximum absolute atomic E-state index is 10.9. The van der Waals surface area contributed by atoms with Crippen molar-refractivity contribution >= 4 is 60.7 Å². The first-order chi connectivity index (χ1) is 26.6. The topological polar surface area (TPSA) is 118 Å². The van der Waals surface area contributed by atoms with Crippen LogP contribution in [-0.2, 0) is 0 Å². The summed E-state index contributed by atoms with van der Waals surface area (Å²) in [5.74, 6) is 1.91. The zero-order chi connectivity index (χ0) is 36.2. The molecule has 0 radical (unpaired) electrons. The van der Waals surface area contributed by atoms with Gasteiger partial charge in [0, 0.05) is 38.2 Å². The molecule has 1 saturated carbocycles. The van der Waals surface area contributed by atoms with Crippen LogP contribution in [0, 0.1) is 51.2 Å². The third-order valence-corrected chi connectivity index (χ3v) is 11.4. The highest BCUT2D eigenvalue weighted by atomic mass is 16.3. The number of benzene rings is 6. The van der Waals surface area contributed by atoms with Crippen LogP contribution in [0.4, 0.5) is 0 Å². The molecule has 0 spiro atoms. The SMILES string of the molecule is N#Cc1ccc(-c2ccc(-n3c4ccccc4c4ccccc43)c(C#N)c2C#N)c(-n2c3ccccc3c3c4oc5c(c4ccc32)C2CC2C=C5)c1C#N. The molecule has 0 amide bonds. The summed E-state index contributed by atoms with van der Waals surface area (Å²) < 4.78 is 10.7. The van der Waals surface area contributed by atoms with E-state index in [4.69, 9.17) is 4.42 Å². The molecular formula is C47H24N6O. The molecule has 248 valence electrons. The Morgan fingerprint density at radius 3 is 1.89 bits per heavy atom. The van der Waals surface area contributed by atoms with Crippen LogP contribution in [0.25, 0.3) is 83.2 Å². The van der Waals surface area contributed by atoms with Gasteiger partial charge in [0.1, 0.15) is 35.6 Å². The van der Waals surface area contributed by atoms with Gasteiger partial charge in [-0.1, -0.05) is 72.8 Å². The molecule has 11 rings (SSSR count). The maximum Gasteiger partial charge on any atom is 0.145 e. The van der Waals surface area contributed by atoms with Crippen molar-refractivity contribution in [2.45, 2.75) is 12.3 Å². The summed E-state index contributed by atoms with van der Waals surface area (Å²) in [6.45, 7) is 0. The molecule has 7 nitrogen and oxygen atoms in total. The van der Waals surface area contributed by atoms with Gasteiger partial charge in [0.2, 0.25) is 0 Å². The molecule has 2 unspecified atom stereocenters. The van der Waals surface area contributed by atoms with Crippen LogP contribution in [0.5, 0.6) is 0 Å². The third-order valence-electron chi connectivity index (χ3n) is 11.4. The first kappa shape index (κ1) is 29.8. The van der Waals surface area contributed by atoms with Gasteiger partial charge in [-0.25, -0.2) is 0 Å². The van der Waals surface area contributed by atoms with Gasteiger partial charge in [-0.05, 0) is 66.8 Å². The van der Waals surface area contributed by atoms with Crippen molar-refractivity contribution in [2.75, 3.05) is 0 Å². The van der Waals surface area contributed by atoms with Crippen molar-refractivity contribution in [3.63, 3.8) is 0 Å². The fraction of sp³-hybridized carbons (Fsp3) is 0.0638. The first-order valence-corrected chi connectivity index (χ1v) is 17.8. The lowest BCUT2D eigenvalue weighted by Gasteiger charge is -2.19. The van der Waals surface area contributed by atoms with E-state index in [1.54, 1.807) is 12.1 Å². The molecule has 6 aromatic carbocycles. The van der Waals surface area contributed by atoms with E-state index < -0.39 is 0 Å². The molecule has 7 heteroatoms. The van der Waals surface area contributed by atoms with Crippen LogP contribution in [-0.4, -0.2) is 9.13 Å². The second-order valence-electron chi connectivity index (χ2n) is 14.0. The number of fused-ring (bicyclic) bond motifs is 12. The number of hydrogen-bond acceptors (Lipinski definition) is 5. The van der Waals surface area contributed by atoms with Gasteiger partial charge < -0.3 is 13.6 Å². The minimum atomic E-state index is 0.175. The van der Waals surface area contributed by atoms with Gasteiger partial charge in [-0.3, -0.25) is 0 Å². The number of aromatic nitrogens is 2. The van der Waals surface area contributed by atoms with Crippen molar-refractivity contribution < 1.29 is 4.42 Å².